The first-order valence-corrected chi connectivity index (χ1v) is 7.63. The van der Waals surface area contributed by atoms with E-state index in [1.807, 2.05) is 0 Å². The van der Waals surface area contributed by atoms with Crippen LogP contribution in [0.25, 0.3) is 0 Å². The molecule has 0 spiro atoms. The molecule has 0 aliphatic rings. The molecule has 15 heavy (non-hydrogen) atoms. The average molecular weight is 255 g/mol. The second-order valence-electron chi connectivity index (χ2n) is 3.06. The summed E-state index contributed by atoms with van der Waals surface area (Å²) >= 11 is 1.48. The molecule has 90 valence electrons. The van der Waals surface area contributed by atoms with Crippen molar-refractivity contribution in [3.05, 3.63) is 0 Å². The highest BCUT2D eigenvalue weighted by atomic mass is 32.2. The molecule has 0 saturated heterocycles. The van der Waals surface area contributed by atoms with Crippen molar-refractivity contribution >= 4 is 27.5 Å². The fraction of sp³-hybridized carbons (Fsp3) is 0.875. The zero-order valence-electron chi connectivity index (χ0n) is 8.52. The van der Waals surface area contributed by atoms with Gasteiger partial charge in [0.25, 0.3) is 0 Å². The van der Waals surface area contributed by atoms with E-state index in [1.54, 1.807) is 0 Å². The Balaban J connectivity index is 3.61. The van der Waals surface area contributed by atoms with Crippen LogP contribution in [0.15, 0.2) is 0 Å². The van der Waals surface area contributed by atoms with Gasteiger partial charge in [0.05, 0.1) is 11.5 Å². The Labute approximate surface area is 94.3 Å². The third-order valence-electron chi connectivity index (χ3n) is 1.64. The number of thioether (sulfide) groups is 1. The molecule has 0 bridgehead atoms. The molecule has 0 aliphatic carbocycles. The van der Waals surface area contributed by atoms with E-state index in [2.05, 4.69) is 0 Å². The van der Waals surface area contributed by atoms with Gasteiger partial charge in [0.15, 0.2) is 9.84 Å². The van der Waals surface area contributed by atoms with Gasteiger partial charge >= 0.3 is 0 Å². The van der Waals surface area contributed by atoms with Gasteiger partial charge < -0.3 is 10.8 Å². The van der Waals surface area contributed by atoms with Crippen LogP contribution in [-0.4, -0.2) is 49.0 Å². The van der Waals surface area contributed by atoms with Crippen molar-refractivity contribution in [3.63, 3.8) is 0 Å². The Kier molecular flexibility index (Phi) is 7.81. The summed E-state index contributed by atoms with van der Waals surface area (Å²) in [5.41, 5.74) is 4.86. The van der Waals surface area contributed by atoms with Crippen LogP contribution in [-0.2, 0) is 14.6 Å². The number of nitrogens with two attached hydrogens (primary N) is 1. The van der Waals surface area contributed by atoms with E-state index in [9.17, 15) is 13.2 Å². The maximum Gasteiger partial charge on any atom is 0.218 e. The third kappa shape index (κ3) is 10.0. The number of hydrogen-bond acceptors (Lipinski definition) is 5. The molecular formula is C8H17NO4S2. The number of carbonyl (C=O) groups excluding carboxylic acids is 1. The fourth-order valence-corrected chi connectivity index (χ4v) is 3.55. The fourth-order valence-electron chi connectivity index (χ4n) is 0.813. The SMILES string of the molecule is NC(=O)CCS(=O)(=O)CCSCCCO. The van der Waals surface area contributed by atoms with Crippen molar-refractivity contribution in [2.75, 3.05) is 29.6 Å². The molecule has 0 unspecified atom stereocenters. The van der Waals surface area contributed by atoms with Crippen LogP contribution in [0.4, 0.5) is 0 Å². The Morgan fingerprint density at radius 2 is 1.93 bits per heavy atom. The van der Waals surface area contributed by atoms with Crippen LogP contribution in [0.5, 0.6) is 0 Å². The van der Waals surface area contributed by atoms with E-state index in [1.165, 1.54) is 11.8 Å². The number of aliphatic hydroxyl groups excluding tert-OH is 1. The minimum atomic E-state index is -3.15. The van der Waals surface area contributed by atoms with Gasteiger partial charge in [-0.25, -0.2) is 8.42 Å². The van der Waals surface area contributed by atoms with E-state index < -0.39 is 15.7 Å². The van der Waals surface area contributed by atoms with E-state index in [4.69, 9.17) is 10.8 Å². The van der Waals surface area contributed by atoms with E-state index >= 15 is 0 Å². The first-order chi connectivity index (χ1) is 6.98. The Bertz CT molecular complexity index is 276. The number of amides is 1. The molecule has 0 heterocycles. The van der Waals surface area contributed by atoms with Crippen molar-refractivity contribution in [2.45, 2.75) is 12.8 Å². The smallest absolute Gasteiger partial charge is 0.218 e. The van der Waals surface area contributed by atoms with Crippen molar-refractivity contribution < 1.29 is 18.3 Å². The number of carbonyl (C=O) groups is 1. The van der Waals surface area contributed by atoms with Crippen molar-refractivity contribution in [2.24, 2.45) is 5.73 Å². The molecule has 0 aromatic rings. The number of rotatable bonds is 9. The molecule has 0 radical (unpaired) electrons. The molecule has 0 atom stereocenters. The largest absolute Gasteiger partial charge is 0.396 e. The zero-order chi connectivity index (χ0) is 11.7. The summed E-state index contributed by atoms with van der Waals surface area (Å²) < 4.78 is 22.6. The summed E-state index contributed by atoms with van der Waals surface area (Å²) in [6.07, 6.45) is 0.565. The number of primary amides is 1. The molecular weight excluding hydrogens is 238 g/mol. The predicted octanol–water partition coefficient (Wildman–Crippen LogP) is -0.608. The van der Waals surface area contributed by atoms with Crippen LogP contribution >= 0.6 is 11.8 Å². The first kappa shape index (κ1) is 14.7. The topological polar surface area (TPSA) is 97.5 Å². The lowest BCUT2D eigenvalue weighted by atomic mass is 10.5. The third-order valence-corrected chi connectivity index (χ3v) is 4.63. The van der Waals surface area contributed by atoms with Gasteiger partial charge in [-0.3, -0.25) is 4.79 Å². The van der Waals surface area contributed by atoms with Crippen LogP contribution in [0, 0.1) is 0 Å². The van der Waals surface area contributed by atoms with Gasteiger partial charge in [0.2, 0.25) is 5.91 Å². The normalized spacial score (nSPS) is 11.5. The molecule has 0 aromatic carbocycles. The molecule has 7 heteroatoms. The lowest BCUT2D eigenvalue weighted by Crippen LogP contribution is -2.19. The average Bonchev–Trinajstić information content (AvgIpc) is 2.15. The monoisotopic (exact) mass is 255 g/mol. The van der Waals surface area contributed by atoms with Gasteiger partial charge in [-0.15, -0.1) is 0 Å². The van der Waals surface area contributed by atoms with Crippen LogP contribution in [0.1, 0.15) is 12.8 Å². The molecule has 1 amide bonds. The van der Waals surface area contributed by atoms with Gasteiger partial charge in [-0.2, -0.15) is 11.8 Å². The zero-order valence-corrected chi connectivity index (χ0v) is 10.1. The van der Waals surface area contributed by atoms with Gasteiger partial charge in [0.1, 0.15) is 0 Å². The summed E-state index contributed by atoms with van der Waals surface area (Å²) in [5, 5.41) is 8.49. The number of aliphatic hydroxyl groups is 1. The van der Waals surface area contributed by atoms with E-state index in [-0.39, 0.29) is 24.5 Å². The van der Waals surface area contributed by atoms with Gasteiger partial charge in [-0.1, -0.05) is 0 Å². The molecule has 3 N–H and O–H groups in total. The lowest BCUT2D eigenvalue weighted by molar-refractivity contribution is -0.117. The molecule has 0 fully saturated rings. The second-order valence-corrected chi connectivity index (χ2v) is 6.59. The Morgan fingerprint density at radius 1 is 1.27 bits per heavy atom. The van der Waals surface area contributed by atoms with Crippen molar-refractivity contribution in [3.8, 4) is 0 Å². The van der Waals surface area contributed by atoms with Crippen LogP contribution < -0.4 is 5.73 Å². The Morgan fingerprint density at radius 3 is 2.47 bits per heavy atom. The minimum Gasteiger partial charge on any atom is -0.396 e. The quantitative estimate of drug-likeness (QED) is 0.536. The number of hydrogen-bond donors (Lipinski definition) is 2. The first-order valence-electron chi connectivity index (χ1n) is 4.65. The van der Waals surface area contributed by atoms with Crippen molar-refractivity contribution in [1.29, 1.82) is 0 Å². The maximum absolute atomic E-state index is 11.3. The molecule has 0 rings (SSSR count). The molecule has 0 aliphatic heterocycles. The summed E-state index contributed by atoms with van der Waals surface area (Å²) in [7, 11) is -3.15. The summed E-state index contributed by atoms with van der Waals surface area (Å²) in [6, 6.07) is 0. The minimum absolute atomic E-state index is 0.0658. The van der Waals surface area contributed by atoms with E-state index in [0.717, 1.165) is 5.75 Å². The highest BCUT2D eigenvalue weighted by Gasteiger charge is 2.11. The number of sulfone groups is 1. The summed E-state index contributed by atoms with van der Waals surface area (Å²) in [5.74, 6) is 0.564. The standard InChI is InChI=1S/C8H17NO4S2/c9-8(11)2-6-15(12,13)7-5-14-4-1-3-10/h10H,1-7H2,(H2,9,11). The lowest BCUT2D eigenvalue weighted by Gasteiger charge is -2.02. The van der Waals surface area contributed by atoms with Crippen LogP contribution in [0.3, 0.4) is 0 Å². The summed E-state index contributed by atoms with van der Waals surface area (Å²) in [6.45, 7) is 0.126. The molecule has 0 aromatic heterocycles. The van der Waals surface area contributed by atoms with Crippen molar-refractivity contribution in [1.82, 2.24) is 0 Å². The van der Waals surface area contributed by atoms with Gasteiger partial charge in [-0.05, 0) is 12.2 Å². The molecule has 0 saturated carbocycles. The highest BCUT2D eigenvalue weighted by molar-refractivity contribution is 8.00. The summed E-state index contributed by atoms with van der Waals surface area (Å²) in [4.78, 5) is 10.4. The predicted molar refractivity (Wildman–Crippen MR) is 61.5 cm³/mol. The second kappa shape index (κ2) is 7.95. The highest BCUT2D eigenvalue weighted by Crippen LogP contribution is 2.04. The van der Waals surface area contributed by atoms with E-state index in [0.29, 0.717) is 12.2 Å². The molecule has 5 nitrogen and oxygen atoms in total. The Hall–Kier alpha value is -0.270. The maximum atomic E-state index is 11.3. The van der Waals surface area contributed by atoms with Gasteiger partial charge in [0, 0.05) is 18.8 Å². The van der Waals surface area contributed by atoms with Crippen LogP contribution in [0.2, 0.25) is 0 Å².